The number of fused-ring (bicyclic) bond motifs is 1. The molecule has 0 amide bonds. The van der Waals surface area contributed by atoms with E-state index in [1.54, 1.807) is 30.5 Å². The molecule has 1 aliphatic rings. The maximum absolute atomic E-state index is 13.9. The van der Waals surface area contributed by atoms with Gasteiger partial charge in [0.15, 0.2) is 15.7 Å². The van der Waals surface area contributed by atoms with E-state index in [1.807, 2.05) is 6.07 Å². The maximum atomic E-state index is 13.9. The number of hydrogen-bond donors (Lipinski definition) is 0. The normalized spacial score (nSPS) is 16.1. The van der Waals surface area contributed by atoms with Crippen molar-refractivity contribution in [2.24, 2.45) is 5.92 Å². The molecule has 9 heteroatoms. The first-order chi connectivity index (χ1) is 14.5. The van der Waals surface area contributed by atoms with Gasteiger partial charge in [-0.1, -0.05) is 36.4 Å². The van der Waals surface area contributed by atoms with Gasteiger partial charge in [0, 0.05) is 36.5 Å². The van der Waals surface area contributed by atoms with Gasteiger partial charge in [-0.3, -0.25) is 4.79 Å². The van der Waals surface area contributed by atoms with Crippen LogP contribution in [0.15, 0.2) is 59.0 Å². The van der Waals surface area contributed by atoms with E-state index in [9.17, 15) is 22.0 Å². The molecular formula is C22H21F2N3O3S. The highest BCUT2D eigenvalue weighted by atomic mass is 32.2. The minimum absolute atomic E-state index is 0.104. The third kappa shape index (κ3) is 4.56. The lowest BCUT2D eigenvalue weighted by Crippen LogP contribution is -2.26. The third-order valence-electron chi connectivity index (χ3n) is 5.20. The summed E-state index contributed by atoms with van der Waals surface area (Å²) in [4.78, 5) is 21.1. The molecule has 3 aromatic rings. The highest BCUT2D eigenvalue weighted by molar-refractivity contribution is 7.93. The molecule has 0 N–H and O–H groups in total. The fourth-order valence-corrected chi connectivity index (χ4v) is 3.99. The molecule has 2 heterocycles. The second-order valence-electron chi connectivity index (χ2n) is 7.95. The van der Waals surface area contributed by atoms with Crippen LogP contribution in [0.25, 0.3) is 22.0 Å². The van der Waals surface area contributed by atoms with Gasteiger partial charge < -0.3 is 4.57 Å². The lowest BCUT2D eigenvalue weighted by atomic mass is 10.0. The van der Waals surface area contributed by atoms with E-state index < -0.39 is 33.2 Å². The fourth-order valence-electron chi connectivity index (χ4n) is 3.54. The first-order valence-corrected chi connectivity index (χ1v) is 11.7. The van der Waals surface area contributed by atoms with Gasteiger partial charge in [-0.15, -0.1) is 0 Å². The summed E-state index contributed by atoms with van der Waals surface area (Å²) in [6.07, 6.45) is 7.05. The Balaban J connectivity index is 2.01. The van der Waals surface area contributed by atoms with Crippen molar-refractivity contribution < 1.29 is 17.2 Å². The Hall–Kier alpha value is -2.94. The maximum Gasteiger partial charge on any atom is 0.303 e. The summed E-state index contributed by atoms with van der Waals surface area (Å²) in [6, 6.07) is 8.55. The molecule has 0 saturated heterocycles. The van der Waals surface area contributed by atoms with Crippen molar-refractivity contribution in [2.45, 2.75) is 31.7 Å². The van der Waals surface area contributed by atoms with Crippen LogP contribution in [0.3, 0.4) is 0 Å². The first kappa shape index (κ1) is 21.3. The molecule has 1 atom stereocenters. The second-order valence-corrected chi connectivity index (χ2v) is 9.88. The van der Waals surface area contributed by atoms with Crippen molar-refractivity contribution in [1.82, 2.24) is 14.5 Å². The number of hydrogen-bond acceptors (Lipinski definition) is 5. The molecule has 1 fully saturated rings. The standard InChI is InChI=1S/C22H21F2N3O3S/c1-22(23,24)21-25-12-16-19(26-21)17(14-6-4-3-5-7-14)13-27(20(16)28)18(15-8-9-15)10-11-31(2,29)30/h3-7,10-13,15,18H,8-9H2,1-2H3/b11-10+/t18-/m1/s1. The van der Waals surface area contributed by atoms with Crippen LogP contribution in [0.5, 0.6) is 0 Å². The molecule has 0 unspecified atom stereocenters. The lowest BCUT2D eigenvalue weighted by Gasteiger charge is -2.19. The first-order valence-electron chi connectivity index (χ1n) is 9.78. The van der Waals surface area contributed by atoms with Gasteiger partial charge in [0.1, 0.15) is 0 Å². The molecule has 0 aliphatic heterocycles. The van der Waals surface area contributed by atoms with Crippen molar-refractivity contribution in [1.29, 1.82) is 0 Å². The molecule has 1 aromatic carbocycles. The van der Waals surface area contributed by atoms with Crippen LogP contribution in [0.1, 0.15) is 31.6 Å². The summed E-state index contributed by atoms with van der Waals surface area (Å²) in [5.41, 5.74) is 0.893. The number of nitrogens with zero attached hydrogens (tertiary/aromatic N) is 3. The van der Waals surface area contributed by atoms with E-state index in [0.29, 0.717) is 18.1 Å². The summed E-state index contributed by atoms with van der Waals surface area (Å²) in [5.74, 6) is -3.80. The molecule has 31 heavy (non-hydrogen) atoms. The monoisotopic (exact) mass is 445 g/mol. The van der Waals surface area contributed by atoms with Crippen LogP contribution >= 0.6 is 0 Å². The molecule has 4 rings (SSSR count). The van der Waals surface area contributed by atoms with Gasteiger partial charge in [-0.2, -0.15) is 8.78 Å². The Labute approximate surface area is 178 Å². The van der Waals surface area contributed by atoms with Gasteiger partial charge >= 0.3 is 5.92 Å². The van der Waals surface area contributed by atoms with Crippen molar-refractivity contribution in [3.05, 3.63) is 70.4 Å². The Morgan fingerprint density at radius 2 is 1.90 bits per heavy atom. The van der Waals surface area contributed by atoms with Crippen LogP contribution in [0, 0.1) is 5.92 Å². The van der Waals surface area contributed by atoms with E-state index in [-0.39, 0.29) is 16.8 Å². The van der Waals surface area contributed by atoms with E-state index >= 15 is 0 Å². The molecule has 1 aliphatic carbocycles. The molecule has 0 bridgehead atoms. The van der Waals surface area contributed by atoms with Crippen LogP contribution in [0.4, 0.5) is 8.78 Å². The third-order valence-corrected chi connectivity index (χ3v) is 5.86. The number of aromatic nitrogens is 3. The quantitative estimate of drug-likeness (QED) is 0.571. The summed E-state index contributed by atoms with van der Waals surface area (Å²) >= 11 is 0. The van der Waals surface area contributed by atoms with Crippen molar-refractivity contribution >= 4 is 20.7 Å². The highest BCUT2D eigenvalue weighted by Crippen LogP contribution is 2.41. The van der Waals surface area contributed by atoms with Gasteiger partial charge in [0.2, 0.25) is 0 Å². The number of benzene rings is 1. The molecule has 1 saturated carbocycles. The molecule has 2 aromatic heterocycles. The average molecular weight is 445 g/mol. The summed E-state index contributed by atoms with van der Waals surface area (Å²) in [7, 11) is -3.38. The average Bonchev–Trinajstić information content (AvgIpc) is 3.53. The van der Waals surface area contributed by atoms with Crippen molar-refractivity contribution in [3.63, 3.8) is 0 Å². The zero-order valence-electron chi connectivity index (χ0n) is 17.0. The zero-order valence-corrected chi connectivity index (χ0v) is 17.8. The molecule has 0 spiro atoms. The number of pyridine rings is 1. The van der Waals surface area contributed by atoms with Crippen LogP contribution in [-0.2, 0) is 15.8 Å². The molecule has 6 nitrogen and oxygen atoms in total. The SMILES string of the molecule is CC(F)(F)c1ncc2c(=O)n([C@H](/C=C/S(C)(=O)=O)C3CC3)cc(-c3ccccc3)c2n1. The number of rotatable bonds is 6. The van der Waals surface area contributed by atoms with Crippen LogP contribution in [-0.4, -0.2) is 29.2 Å². The minimum atomic E-state index is -3.38. The largest absolute Gasteiger partial charge is 0.307 e. The Morgan fingerprint density at radius 3 is 2.48 bits per heavy atom. The molecular weight excluding hydrogens is 424 g/mol. The highest BCUT2D eigenvalue weighted by Gasteiger charge is 2.33. The van der Waals surface area contributed by atoms with Crippen molar-refractivity contribution in [3.8, 4) is 11.1 Å². The van der Waals surface area contributed by atoms with Gasteiger partial charge in [-0.05, 0) is 24.3 Å². The summed E-state index contributed by atoms with van der Waals surface area (Å²) in [5, 5.41) is 1.21. The van der Waals surface area contributed by atoms with Crippen molar-refractivity contribution in [2.75, 3.05) is 6.26 Å². The van der Waals surface area contributed by atoms with Crippen LogP contribution in [0.2, 0.25) is 0 Å². The Bertz CT molecular complexity index is 1330. The second kappa shape index (κ2) is 7.64. The molecule has 0 radical (unpaired) electrons. The predicted molar refractivity (Wildman–Crippen MR) is 115 cm³/mol. The number of allylic oxidation sites excluding steroid dienone is 1. The lowest BCUT2D eigenvalue weighted by molar-refractivity contribution is 0.00806. The zero-order chi connectivity index (χ0) is 22.4. The van der Waals surface area contributed by atoms with Crippen LogP contribution < -0.4 is 5.56 Å². The summed E-state index contributed by atoms with van der Waals surface area (Å²) < 4.78 is 52.5. The minimum Gasteiger partial charge on any atom is -0.307 e. The van der Waals surface area contributed by atoms with E-state index in [4.69, 9.17) is 0 Å². The fraction of sp³-hybridized carbons (Fsp3) is 0.318. The topological polar surface area (TPSA) is 81.9 Å². The van der Waals surface area contributed by atoms with E-state index in [1.165, 1.54) is 10.6 Å². The van der Waals surface area contributed by atoms with Gasteiger partial charge in [0.25, 0.3) is 5.56 Å². The molecule has 162 valence electrons. The smallest absolute Gasteiger partial charge is 0.303 e. The van der Waals surface area contributed by atoms with Gasteiger partial charge in [0.05, 0.1) is 16.9 Å². The number of sulfone groups is 1. The Morgan fingerprint density at radius 1 is 1.23 bits per heavy atom. The van der Waals surface area contributed by atoms with E-state index in [2.05, 4.69) is 9.97 Å². The van der Waals surface area contributed by atoms with Gasteiger partial charge in [-0.25, -0.2) is 18.4 Å². The summed E-state index contributed by atoms with van der Waals surface area (Å²) in [6.45, 7) is 0.705. The predicted octanol–water partition coefficient (Wildman–Crippen LogP) is 4.08. The number of halogens is 2. The number of alkyl halides is 2. The van der Waals surface area contributed by atoms with E-state index in [0.717, 1.165) is 30.7 Å². The Kier molecular flexibility index (Phi) is 5.25.